The van der Waals surface area contributed by atoms with Crippen molar-refractivity contribution in [1.29, 1.82) is 0 Å². The van der Waals surface area contributed by atoms with Gasteiger partial charge in [-0.2, -0.15) is 0 Å². The molecule has 0 spiro atoms. The molecule has 7 nitrogen and oxygen atoms in total. The Morgan fingerprint density at radius 1 is 1.04 bits per heavy atom. The number of carbonyl (C=O) groups is 1. The lowest BCUT2D eigenvalue weighted by Crippen LogP contribution is -2.50. The Morgan fingerprint density at radius 2 is 1.79 bits per heavy atom. The predicted octanol–water partition coefficient (Wildman–Crippen LogP) is 2.52. The molecule has 3 heterocycles. The molecule has 1 fully saturated rings. The highest BCUT2D eigenvalue weighted by Crippen LogP contribution is 2.18. The number of imidazole rings is 1. The number of aromatic nitrogens is 4. The molecule has 1 amide bonds. The third-order valence-corrected chi connectivity index (χ3v) is 5.25. The SMILES string of the molecule is CCCCc1nc2ccccc2n1CC(=O)N1CCN(c2ncccn2)CC1. The van der Waals surface area contributed by atoms with Crippen molar-refractivity contribution >= 4 is 22.9 Å². The first-order valence-electron chi connectivity index (χ1n) is 10.00. The molecule has 0 radical (unpaired) electrons. The van der Waals surface area contributed by atoms with Crippen molar-refractivity contribution in [2.75, 3.05) is 31.1 Å². The van der Waals surface area contributed by atoms with E-state index < -0.39 is 0 Å². The number of hydrogen-bond acceptors (Lipinski definition) is 5. The maximum atomic E-state index is 13.0. The first-order valence-corrected chi connectivity index (χ1v) is 10.00. The molecule has 1 aromatic carbocycles. The molecular formula is C21H26N6O. The second-order valence-corrected chi connectivity index (χ2v) is 7.12. The van der Waals surface area contributed by atoms with Crippen molar-refractivity contribution < 1.29 is 4.79 Å². The summed E-state index contributed by atoms with van der Waals surface area (Å²) in [6, 6.07) is 9.89. The van der Waals surface area contributed by atoms with Gasteiger partial charge in [-0.25, -0.2) is 15.0 Å². The largest absolute Gasteiger partial charge is 0.338 e. The Hall–Kier alpha value is -2.96. The Balaban J connectivity index is 1.45. The zero-order valence-corrected chi connectivity index (χ0v) is 16.3. The van der Waals surface area contributed by atoms with Crippen LogP contribution in [0.5, 0.6) is 0 Å². The van der Waals surface area contributed by atoms with Gasteiger partial charge in [0.25, 0.3) is 0 Å². The maximum Gasteiger partial charge on any atom is 0.242 e. The van der Waals surface area contributed by atoms with Crippen LogP contribution < -0.4 is 4.90 Å². The molecule has 7 heteroatoms. The Bertz CT molecular complexity index is 930. The van der Waals surface area contributed by atoms with E-state index in [-0.39, 0.29) is 5.91 Å². The molecule has 0 aliphatic carbocycles. The average molecular weight is 378 g/mol. The van der Waals surface area contributed by atoms with Gasteiger partial charge in [0.1, 0.15) is 12.4 Å². The van der Waals surface area contributed by atoms with Crippen molar-refractivity contribution in [2.24, 2.45) is 0 Å². The number of carbonyl (C=O) groups excluding carboxylic acids is 1. The van der Waals surface area contributed by atoms with E-state index in [1.165, 1.54) is 0 Å². The third-order valence-electron chi connectivity index (χ3n) is 5.25. The van der Waals surface area contributed by atoms with Gasteiger partial charge in [-0.3, -0.25) is 4.79 Å². The van der Waals surface area contributed by atoms with Crippen LogP contribution in [0, 0.1) is 0 Å². The minimum atomic E-state index is 0.148. The van der Waals surface area contributed by atoms with E-state index in [0.717, 1.165) is 55.2 Å². The molecule has 3 aromatic rings. The molecule has 0 N–H and O–H groups in total. The van der Waals surface area contributed by atoms with Crippen LogP contribution in [0.3, 0.4) is 0 Å². The fourth-order valence-electron chi connectivity index (χ4n) is 3.67. The van der Waals surface area contributed by atoms with E-state index in [0.29, 0.717) is 19.6 Å². The molecule has 1 aliphatic rings. The monoisotopic (exact) mass is 378 g/mol. The number of benzene rings is 1. The van der Waals surface area contributed by atoms with E-state index in [1.807, 2.05) is 29.2 Å². The summed E-state index contributed by atoms with van der Waals surface area (Å²) in [6.45, 7) is 5.41. The molecule has 0 unspecified atom stereocenters. The Labute approximate surface area is 165 Å². The highest BCUT2D eigenvalue weighted by atomic mass is 16.2. The zero-order valence-electron chi connectivity index (χ0n) is 16.3. The number of para-hydroxylation sites is 2. The topological polar surface area (TPSA) is 67.2 Å². The van der Waals surface area contributed by atoms with Crippen molar-refractivity contribution in [3.05, 3.63) is 48.5 Å². The fraction of sp³-hybridized carbons (Fsp3) is 0.429. The van der Waals surface area contributed by atoms with Crippen LogP contribution in [-0.4, -0.2) is 56.5 Å². The summed E-state index contributed by atoms with van der Waals surface area (Å²) in [5.74, 6) is 1.89. The number of amides is 1. The van der Waals surface area contributed by atoms with Gasteiger partial charge in [0.05, 0.1) is 11.0 Å². The second-order valence-electron chi connectivity index (χ2n) is 7.12. The van der Waals surface area contributed by atoms with Gasteiger partial charge in [0.15, 0.2) is 0 Å². The van der Waals surface area contributed by atoms with Gasteiger partial charge < -0.3 is 14.4 Å². The van der Waals surface area contributed by atoms with E-state index >= 15 is 0 Å². The molecule has 0 atom stereocenters. The number of anilines is 1. The third kappa shape index (κ3) is 3.83. The minimum Gasteiger partial charge on any atom is -0.338 e. The van der Waals surface area contributed by atoms with E-state index in [4.69, 9.17) is 4.98 Å². The van der Waals surface area contributed by atoms with Crippen LogP contribution in [-0.2, 0) is 17.8 Å². The zero-order chi connectivity index (χ0) is 19.3. The summed E-state index contributed by atoms with van der Waals surface area (Å²) in [6.07, 6.45) is 6.59. The molecule has 4 rings (SSSR count). The van der Waals surface area contributed by atoms with E-state index in [2.05, 4.69) is 32.4 Å². The molecule has 2 aromatic heterocycles. The number of fused-ring (bicyclic) bond motifs is 1. The second kappa shape index (κ2) is 8.37. The molecule has 28 heavy (non-hydrogen) atoms. The summed E-state index contributed by atoms with van der Waals surface area (Å²) in [5, 5.41) is 0. The standard InChI is InChI=1S/C21H26N6O/c1-2-3-9-19-24-17-7-4-5-8-18(17)27(19)16-20(28)25-12-14-26(15-13-25)21-22-10-6-11-23-21/h4-8,10-11H,2-3,9,12-16H2,1H3. The number of piperazine rings is 1. The summed E-state index contributed by atoms with van der Waals surface area (Å²) >= 11 is 0. The van der Waals surface area contributed by atoms with Crippen LogP contribution in [0.15, 0.2) is 42.7 Å². The number of nitrogens with zero attached hydrogens (tertiary/aromatic N) is 6. The molecular weight excluding hydrogens is 352 g/mol. The van der Waals surface area contributed by atoms with Crippen LogP contribution in [0.25, 0.3) is 11.0 Å². The normalized spacial score (nSPS) is 14.6. The van der Waals surface area contributed by atoms with Crippen molar-refractivity contribution in [3.63, 3.8) is 0 Å². The molecule has 146 valence electrons. The summed E-state index contributed by atoms with van der Waals surface area (Å²) in [5.41, 5.74) is 2.01. The predicted molar refractivity (Wildman–Crippen MR) is 109 cm³/mol. The summed E-state index contributed by atoms with van der Waals surface area (Å²) in [4.78, 5) is 30.5. The van der Waals surface area contributed by atoms with E-state index in [9.17, 15) is 4.79 Å². The van der Waals surface area contributed by atoms with Crippen LogP contribution in [0.1, 0.15) is 25.6 Å². The fourth-order valence-corrected chi connectivity index (χ4v) is 3.67. The van der Waals surface area contributed by atoms with Crippen LogP contribution in [0.2, 0.25) is 0 Å². The van der Waals surface area contributed by atoms with Crippen LogP contribution >= 0.6 is 0 Å². The van der Waals surface area contributed by atoms with Crippen LogP contribution in [0.4, 0.5) is 5.95 Å². The number of hydrogen-bond donors (Lipinski definition) is 0. The maximum absolute atomic E-state index is 13.0. The minimum absolute atomic E-state index is 0.148. The molecule has 0 bridgehead atoms. The highest BCUT2D eigenvalue weighted by molar-refractivity contribution is 5.81. The summed E-state index contributed by atoms with van der Waals surface area (Å²) in [7, 11) is 0. The van der Waals surface area contributed by atoms with Crippen molar-refractivity contribution in [1.82, 2.24) is 24.4 Å². The Kier molecular flexibility index (Phi) is 5.50. The van der Waals surface area contributed by atoms with Gasteiger partial charge in [-0.1, -0.05) is 25.5 Å². The first kappa shape index (κ1) is 18.4. The Morgan fingerprint density at radius 3 is 2.54 bits per heavy atom. The number of unbranched alkanes of at least 4 members (excludes halogenated alkanes) is 1. The van der Waals surface area contributed by atoms with Gasteiger partial charge >= 0.3 is 0 Å². The smallest absolute Gasteiger partial charge is 0.242 e. The van der Waals surface area contributed by atoms with Crippen molar-refractivity contribution in [3.8, 4) is 0 Å². The van der Waals surface area contributed by atoms with E-state index in [1.54, 1.807) is 12.4 Å². The lowest BCUT2D eigenvalue weighted by molar-refractivity contribution is -0.132. The first-order chi connectivity index (χ1) is 13.8. The lowest BCUT2D eigenvalue weighted by Gasteiger charge is -2.34. The van der Waals surface area contributed by atoms with Crippen molar-refractivity contribution in [2.45, 2.75) is 32.7 Å². The van der Waals surface area contributed by atoms with Gasteiger partial charge in [0, 0.05) is 45.0 Å². The van der Waals surface area contributed by atoms with Gasteiger partial charge in [-0.15, -0.1) is 0 Å². The van der Waals surface area contributed by atoms with Gasteiger partial charge in [-0.05, 0) is 24.6 Å². The molecule has 0 saturated carbocycles. The average Bonchev–Trinajstić information content (AvgIpc) is 3.10. The number of rotatable bonds is 6. The highest BCUT2D eigenvalue weighted by Gasteiger charge is 2.23. The molecule has 1 saturated heterocycles. The quantitative estimate of drug-likeness (QED) is 0.659. The van der Waals surface area contributed by atoms with Gasteiger partial charge in [0.2, 0.25) is 11.9 Å². The lowest BCUT2D eigenvalue weighted by atomic mass is 10.2. The molecule has 1 aliphatic heterocycles. The summed E-state index contributed by atoms with van der Waals surface area (Å²) < 4.78 is 2.10. The number of aryl methyl sites for hydroxylation is 1.